The van der Waals surface area contributed by atoms with Gasteiger partial charge in [-0.25, -0.2) is 4.68 Å². The van der Waals surface area contributed by atoms with Crippen LogP contribution in [0.15, 0.2) is 0 Å². The van der Waals surface area contributed by atoms with Crippen LogP contribution in [0, 0.1) is 0 Å². The molecular formula is C13H21N3O2S. The molecule has 6 heteroatoms. The number of carbonyl (C=O) groups is 1. The van der Waals surface area contributed by atoms with Crippen LogP contribution in [-0.4, -0.2) is 19.9 Å². The molecule has 1 amide bonds. The average molecular weight is 283 g/mol. The molecule has 0 aliphatic carbocycles. The highest BCUT2D eigenvalue weighted by atomic mass is 32.2. The van der Waals surface area contributed by atoms with Crippen molar-refractivity contribution in [3.63, 3.8) is 0 Å². The van der Waals surface area contributed by atoms with E-state index in [0.717, 1.165) is 23.5 Å². The number of rotatable bonds is 3. The highest BCUT2D eigenvalue weighted by Gasteiger charge is 2.31. The molecule has 1 aromatic heterocycles. The van der Waals surface area contributed by atoms with E-state index in [-0.39, 0.29) is 11.4 Å². The maximum Gasteiger partial charge on any atom is 0.225 e. The van der Waals surface area contributed by atoms with Crippen LogP contribution in [0.2, 0.25) is 0 Å². The smallest absolute Gasteiger partial charge is 0.225 e. The molecule has 2 heterocycles. The van der Waals surface area contributed by atoms with Crippen molar-refractivity contribution in [2.45, 2.75) is 57.6 Å². The second-order valence-electron chi connectivity index (χ2n) is 5.88. The molecule has 0 saturated heterocycles. The Bertz CT molecular complexity index is 529. The molecule has 1 aliphatic heterocycles. The predicted octanol–water partition coefficient (Wildman–Crippen LogP) is 2.14. The largest absolute Gasteiger partial charge is 0.311 e. The van der Waals surface area contributed by atoms with E-state index in [1.807, 2.05) is 32.4 Å². The van der Waals surface area contributed by atoms with Crippen LogP contribution < -0.4 is 5.32 Å². The van der Waals surface area contributed by atoms with Gasteiger partial charge in [-0.1, -0.05) is 6.92 Å². The molecule has 19 heavy (non-hydrogen) atoms. The zero-order valence-corrected chi connectivity index (χ0v) is 12.8. The highest BCUT2D eigenvalue weighted by Crippen LogP contribution is 2.32. The second-order valence-corrected chi connectivity index (χ2v) is 7.34. The van der Waals surface area contributed by atoms with Crippen molar-refractivity contribution >= 4 is 22.5 Å². The summed E-state index contributed by atoms with van der Waals surface area (Å²) < 4.78 is 13.5. The highest BCUT2D eigenvalue weighted by molar-refractivity contribution is 7.83. The number of hydrogen-bond acceptors (Lipinski definition) is 3. The number of nitrogens with one attached hydrogen (secondary N) is 1. The summed E-state index contributed by atoms with van der Waals surface area (Å²) in [6, 6.07) is 0. The lowest BCUT2D eigenvalue weighted by molar-refractivity contribution is -0.116. The molecule has 106 valence electrons. The van der Waals surface area contributed by atoms with Gasteiger partial charge in [0.2, 0.25) is 5.91 Å². The minimum atomic E-state index is -0.879. The predicted molar refractivity (Wildman–Crippen MR) is 76.3 cm³/mol. The van der Waals surface area contributed by atoms with Gasteiger partial charge in [-0.05, 0) is 27.2 Å². The number of anilines is 1. The Hall–Kier alpha value is -1.17. The van der Waals surface area contributed by atoms with Crippen molar-refractivity contribution in [1.29, 1.82) is 0 Å². The molecule has 1 N–H and O–H groups in total. The lowest BCUT2D eigenvalue weighted by Gasteiger charge is -2.23. The Morgan fingerprint density at radius 1 is 1.42 bits per heavy atom. The summed E-state index contributed by atoms with van der Waals surface area (Å²) in [5.41, 5.74) is 1.60. The number of carbonyl (C=O) groups excluding carboxylic acids is 1. The zero-order valence-electron chi connectivity index (χ0n) is 11.9. The van der Waals surface area contributed by atoms with Crippen molar-refractivity contribution in [3.05, 3.63) is 11.3 Å². The number of aromatic nitrogens is 2. The first-order chi connectivity index (χ1) is 8.82. The van der Waals surface area contributed by atoms with Crippen LogP contribution in [0.1, 0.15) is 51.8 Å². The second kappa shape index (κ2) is 5.07. The van der Waals surface area contributed by atoms with Crippen LogP contribution in [0.5, 0.6) is 0 Å². The number of hydrogen-bond donors (Lipinski definition) is 1. The molecule has 0 fully saturated rings. The SMILES string of the molecule is CCCC(=O)Nc1c2c(nn1C(C)(C)C)C[S@@](=O)C2. The van der Waals surface area contributed by atoms with Crippen molar-refractivity contribution in [2.24, 2.45) is 0 Å². The van der Waals surface area contributed by atoms with Crippen molar-refractivity contribution in [2.75, 3.05) is 5.32 Å². The molecule has 1 aromatic rings. The van der Waals surface area contributed by atoms with Gasteiger partial charge in [0.1, 0.15) is 5.82 Å². The van der Waals surface area contributed by atoms with E-state index in [0.29, 0.717) is 17.9 Å². The van der Waals surface area contributed by atoms with Gasteiger partial charge in [0.25, 0.3) is 0 Å². The van der Waals surface area contributed by atoms with Crippen LogP contribution in [-0.2, 0) is 32.6 Å². The van der Waals surface area contributed by atoms with E-state index in [1.165, 1.54) is 0 Å². The normalized spacial score (nSPS) is 18.4. The summed E-state index contributed by atoms with van der Waals surface area (Å²) in [5.74, 6) is 1.71. The number of fused-ring (bicyclic) bond motifs is 1. The van der Waals surface area contributed by atoms with Crippen molar-refractivity contribution < 1.29 is 9.00 Å². The third-order valence-corrected chi connectivity index (χ3v) is 4.25. The lowest BCUT2D eigenvalue weighted by Crippen LogP contribution is -2.27. The summed E-state index contributed by atoms with van der Waals surface area (Å²) in [7, 11) is -0.879. The van der Waals surface area contributed by atoms with E-state index < -0.39 is 10.8 Å². The Balaban J connectivity index is 2.39. The molecule has 1 aliphatic rings. The first-order valence-electron chi connectivity index (χ1n) is 6.59. The summed E-state index contributed by atoms with van der Waals surface area (Å²) >= 11 is 0. The zero-order chi connectivity index (χ0) is 14.2. The monoisotopic (exact) mass is 283 g/mol. The maximum atomic E-state index is 11.8. The van der Waals surface area contributed by atoms with Gasteiger partial charge in [0, 0.05) is 22.8 Å². The molecule has 2 rings (SSSR count). The average Bonchev–Trinajstić information content (AvgIpc) is 2.76. The minimum absolute atomic E-state index is 0.00613. The molecule has 1 atom stereocenters. The summed E-state index contributed by atoms with van der Waals surface area (Å²) in [6.07, 6.45) is 1.30. The van der Waals surface area contributed by atoms with Gasteiger partial charge >= 0.3 is 0 Å². The Morgan fingerprint density at radius 3 is 2.68 bits per heavy atom. The van der Waals surface area contributed by atoms with E-state index >= 15 is 0 Å². The van der Waals surface area contributed by atoms with Gasteiger partial charge in [-0.15, -0.1) is 0 Å². The number of amides is 1. The standard InChI is InChI=1S/C13H21N3O2S/c1-5-6-11(17)14-12-9-7-19(18)8-10(9)15-16(12)13(2,3)4/h5-8H2,1-4H3,(H,14,17)/t19-/m0/s1. The third-order valence-electron chi connectivity index (χ3n) is 3.04. The molecule has 0 aromatic carbocycles. The van der Waals surface area contributed by atoms with Crippen LogP contribution in [0.4, 0.5) is 5.82 Å². The third kappa shape index (κ3) is 2.88. The topological polar surface area (TPSA) is 64.0 Å². The van der Waals surface area contributed by atoms with Crippen molar-refractivity contribution in [3.8, 4) is 0 Å². The fourth-order valence-corrected chi connectivity index (χ4v) is 3.43. The van der Waals surface area contributed by atoms with Gasteiger partial charge in [-0.3, -0.25) is 9.00 Å². The number of nitrogens with zero attached hydrogens (tertiary/aromatic N) is 2. The lowest BCUT2D eigenvalue weighted by atomic mass is 10.1. The van der Waals surface area contributed by atoms with E-state index in [9.17, 15) is 9.00 Å². The Labute approximate surface area is 116 Å². The van der Waals surface area contributed by atoms with E-state index in [2.05, 4.69) is 10.4 Å². The maximum absolute atomic E-state index is 11.8. The molecule has 0 unspecified atom stereocenters. The van der Waals surface area contributed by atoms with Gasteiger partial charge in [0.15, 0.2) is 0 Å². The molecule has 0 bridgehead atoms. The van der Waals surface area contributed by atoms with Crippen LogP contribution >= 0.6 is 0 Å². The first kappa shape index (κ1) is 14.2. The fraction of sp³-hybridized carbons (Fsp3) is 0.692. The van der Waals surface area contributed by atoms with Crippen molar-refractivity contribution in [1.82, 2.24) is 9.78 Å². The summed E-state index contributed by atoms with van der Waals surface area (Å²) in [6.45, 7) is 8.10. The molecule has 0 radical (unpaired) electrons. The van der Waals surface area contributed by atoms with E-state index in [4.69, 9.17) is 0 Å². The van der Waals surface area contributed by atoms with Crippen LogP contribution in [0.25, 0.3) is 0 Å². The van der Waals surface area contributed by atoms with Gasteiger partial charge < -0.3 is 5.32 Å². The fourth-order valence-electron chi connectivity index (χ4n) is 2.16. The quantitative estimate of drug-likeness (QED) is 0.924. The van der Waals surface area contributed by atoms with Crippen LogP contribution in [0.3, 0.4) is 0 Å². The van der Waals surface area contributed by atoms with E-state index in [1.54, 1.807) is 0 Å². The summed E-state index contributed by atoms with van der Waals surface area (Å²) in [4.78, 5) is 11.8. The molecule has 5 nitrogen and oxygen atoms in total. The Kier molecular flexibility index (Phi) is 3.80. The van der Waals surface area contributed by atoms with Gasteiger partial charge in [0.05, 0.1) is 22.7 Å². The minimum Gasteiger partial charge on any atom is -0.311 e. The Morgan fingerprint density at radius 2 is 2.11 bits per heavy atom. The summed E-state index contributed by atoms with van der Waals surface area (Å²) in [5, 5.41) is 7.48. The molecular weight excluding hydrogens is 262 g/mol. The first-order valence-corrected chi connectivity index (χ1v) is 8.07. The molecule has 0 spiro atoms. The molecule has 0 saturated carbocycles. The van der Waals surface area contributed by atoms with Gasteiger partial charge in [-0.2, -0.15) is 5.10 Å².